The van der Waals surface area contributed by atoms with Gasteiger partial charge in [0, 0.05) is 34.1 Å². The highest BCUT2D eigenvalue weighted by Crippen LogP contribution is 2.35. The molecule has 0 bridgehead atoms. The van der Waals surface area contributed by atoms with Crippen LogP contribution in [0, 0.1) is 0 Å². The predicted octanol–water partition coefficient (Wildman–Crippen LogP) is 6.61. The number of imidazole rings is 1. The summed E-state index contributed by atoms with van der Waals surface area (Å²) in [5.41, 5.74) is 4.99. The van der Waals surface area contributed by atoms with Crippen molar-refractivity contribution in [1.29, 1.82) is 0 Å². The number of aromatic amines is 1. The zero-order valence-corrected chi connectivity index (χ0v) is 15.7. The molecular weight excluding hydrogens is 366 g/mol. The number of fused-ring (bicyclic) bond motifs is 1. The highest BCUT2D eigenvalue weighted by atomic mass is 35.5. The molecule has 0 fully saturated rings. The number of hydrogen-bond donors (Lipinski definition) is 1. The molecule has 0 atom stereocenters. The van der Waals surface area contributed by atoms with Crippen LogP contribution in [0.2, 0.25) is 5.02 Å². The first kappa shape index (κ1) is 16.7. The van der Waals surface area contributed by atoms with Crippen molar-refractivity contribution in [2.75, 3.05) is 0 Å². The van der Waals surface area contributed by atoms with Crippen molar-refractivity contribution in [1.82, 2.24) is 15.0 Å². The molecular formula is C24H16ClN3. The molecule has 5 rings (SSSR count). The lowest BCUT2D eigenvalue weighted by atomic mass is 10.0. The van der Waals surface area contributed by atoms with Crippen molar-refractivity contribution in [2.24, 2.45) is 0 Å². The third-order valence-electron chi connectivity index (χ3n) is 4.84. The first-order valence-electron chi connectivity index (χ1n) is 9.04. The molecule has 5 aromatic rings. The van der Waals surface area contributed by atoms with Crippen molar-refractivity contribution in [3.05, 3.63) is 96.3 Å². The second-order valence-electron chi connectivity index (χ2n) is 6.58. The van der Waals surface area contributed by atoms with E-state index in [1.165, 1.54) is 10.8 Å². The minimum absolute atomic E-state index is 0.711. The summed E-state index contributed by atoms with van der Waals surface area (Å²) in [6.07, 6.45) is 3.57. The average molecular weight is 382 g/mol. The Morgan fingerprint density at radius 1 is 0.714 bits per heavy atom. The number of nitrogens with zero attached hydrogens (tertiary/aromatic N) is 2. The van der Waals surface area contributed by atoms with Crippen molar-refractivity contribution in [2.45, 2.75) is 0 Å². The van der Waals surface area contributed by atoms with Crippen molar-refractivity contribution < 1.29 is 0 Å². The average Bonchev–Trinajstić information content (AvgIpc) is 3.20. The third kappa shape index (κ3) is 2.96. The van der Waals surface area contributed by atoms with Gasteiger partial charge in [0.25, 0.3) is 0 Å². The molecule has 1 N–H and O–H groups in total. The largest absolute Gasteiger partial charge is 0.337 e. The van der Waals surface area contributed by atoms with E-state index in [0.717, 1.165) is 33.9 Å². The smallest absolute Gasteiger partial charge is 0.139 e. The lowest BCUT2D eigenvalue weighted by Crippen LogP contribution is -1.84. The van der Waals surface area contributed by atoms with Crippen LogP contribution in [-0.2, 0) is 0 Å². The molecule has 0 aliphatic rings. The first-order valence-corrected chi connectivity index (χ1v) is 9.42. The normalized spacial score (nSPS) is 11.0. The summed E-state index contributed by atoms with van der Waals surface area (Å²) in [6, 6.07) is 26.4. The van der Waals surface area contributed by atoms with Crippen LogP contribution in [-0.4, -0.2) is 15.0 Å². The van der Waals surface area contributed by atoms with Crippen molar-refractivity contribution in [3.8, 4) is 33.9 Å². The number of halogens is 1. The van der Waals surface area contributed by atoms with Crippen molar-refractivity contribution >= 4 is 22.4 Å². The van der Waals surface area contributed by atoms with Gasteiger partial charge in [-0.3, -0.25) is 4.98 Å². The Labute approximate surface area is 167 Å². The van der Waals surface area contributed by atoms with Crippen LogP contribution in [0.3, 0.4) is 0 Å². The summed E-state index contributed by atoms with van der Waals surface area (Å²) >= 11 is 6.09. The van der Waals surface area contributed by atoms with E-state index in [-0.39, 0.29) is 0 Å². The van der Waals surface area contributed by atoms with Crippen LogP contribution >= 0.6 is 11.6 Å². The molecule has 0 aliphatic heterocycles. The molecule has 3 aromatic carbocycles. The van der Waals surface area contributed by atoms with Gasteiger partial charge >= 0.3 is 0 Å². The summed E-state index contributed by atoms with van der Waals surface area (Å²) in [4.78, 5) is 12.7. The number of H-pyrrole nitrogens is 1. The fraction of sp³-hybridized carbons (Fsp3) is 0. The highest BCUT2D eigenvalue weighted by molar-refractivity contribution is 6.30. The summed E-state index contributed by atoms with van der Waals surface area (Å²) in [6.45, 7) is 0. The number of benzene rings is 3. The van der Waals surface area contributed by atoms with Crippen LogP contribution in [0.4, 0.5) is 0 Å². The van der Waals surface area contributed by atoms with E-state index in [4.69, 9.17) is 16.6 Å². The van der Waals surface area contributed by atoms with E-state index in [0.29, 0.717) is 5.02 Å². The van der Waals surface area contributed by atoms with Gasteiger partial charge in [-0.05, 0) is 35.0 Å². The molecule has 4 heteroatoms. The van der Waals surface area contributed by atoms with Gasteiger partial charge in [0.2, 0.25) is 0 Å². The Hall–Kier alpha value is -3.43. The molecule has 0 unspecified atom stereocenters. The molecule has 2 heterocycles. The quantitative estimate of drug-likeness (QED) is 0.382. The monoisotopic (exact) mass is 381 g/mol. The predicted molar refractivity (Wildman–Crippen MR) is 115 cm³/mol. The van der Waals surface area contributed by atoms with Gasteiger partial charge in [-0.1, -0.05) is 66.2 Å². The van der Waals surface area contributed by atoms with E-state index in [2.05, 4.69) is 52.4 Å². The van der Waals surface area contributed by atoms with Crippen LogP contribution in [0.25, 0.3) is 44.7 Å². The Kier molecular flexibility index (Phi) is 4.15. The molecule has 2 aromatic heterocycles. The summed E-state index contributed by atoms with van der Waals surface area (Å²) < 4.78 is 0. The second-order valence-corrected chi connectivity index (χ2v) is 7.01. The number of hydrogen-bond acceptors (Lipinski definition) is 2. The molecule has 0 aliphatic carbocycles. The number of rotatable bonds is 3. The zero-order chi connectivity index (χ0) is 18.9. The third-order valence-corrected chi connectivity index (χ3v) is 5.09. The number of nitrogens with one attached hydrogen (secondary N) is 1. The molecule has 28 heavy (non-hydrogen) atoms. The Balaban J connectivity index is 1.75. The van der Waals surface area contributed by atoms with Gasteiger partial charge in [-0.2, -0.15) is 0 Å². The van der Waals surface area contributed by atoms with Crippen LogP contribution < -0.4 is 0 Å². The second kappa shape index (κ2) is 6.95. The molecule has 3 nitrogen and oxygen atoms in total. The van der Waals surface area contributed by atoms with Crippen LogP contribution in [0.15, 0.2) is 91.3 Å². The SMILES string of the molecule is Clc1ccc(-c2[nH]c(-c3cccc4ccccc34)nc2-c2ccncc2)cc1. The van der Waals surface area contributed by atoms with E-state index in [1.54, 1.807) is 12.4 Å². The number of pyridine rings is 1. The van der Waals surface area contributed by atoms with Gasteiger partial charge < -0.3 is 4.98 Å². The van der Waals surface area contributed by atoms with Gasteiger partial charge in [0.1, 0.15) is 5.82 Å². The van der Waals surface area contributed by atoms with Gasteiger partial charge in [0.15, 0.2) is 0 Å². The Bertz CT molecular complexity index is 1250. The zero-order valence-electron chi connectivity index (χ0n) is 14.9. The van der Waals surface area contributed by atoms with Crippen LogP contribution in [0.1, 0.15) is 0 Å². The maximum atomic E-state index is 6.09. The summed E-state index contributed by atoms with van der Waals surface area (Å²) in [5, 5.41) is 3.07. The molecule has 0 saturated heterocycles. The molecule has 0 amide bonds. The lowest BCUT2D eigenvalue weighted by Gasteiger charge is -2.04. The first-order chi connectivity index (χ1) is 13.8. The highest BCUT2D eigenvalue weighted by Gasteiger charge is 2.16. The summed E-state index contributed by atoms with van der Waals surface area (Å²) in [5.74, 6) is 0.841. The molecule has 134 valence electrons. The van der Waals surface area contributed by atoms with E-state index < -0.39 is 0 Å². The molecule has 0 radical (unpaired) electrons. The minimum atomic E-state index is 0.711. The Morgan fingerprint density at radius 2 is 1.46 bits per heavy atom. The Morgan fingerprint density at radius 3 is 2.29 bits per heavy atom. The van der Waals surface area contributed by atoms with E-state index in [1.807, 2.05) is 36.4 Å². The molecule has 0 spiro atoms. The standard InChI is InChI=1S/C24H16ClN3/c25-19-10-8-17(9-11-19)22-23(18-12-14-26-15-13-18)28-24(27-22)21-7-3-5-16-4-1-2-6-20(16)21/h1-15H,(H,27,28). The van der Waals surface area contributed by atoms with Gasteiger partial charge in [-0.15, -0.1) is 0 Å². The minimum Gasteiger partial charge on any atom is -0.337 e. The van der Waals surface area contributed by atoms with Gasteiger partial charge in [-0.25, -0.2) is 4.98 Å². The van der Waals surface area contributed by atoms with E-state index in [9.17, 15) is 0 Å². The fourth-order valence-electron chi connectivity index (χ4n) is 3.48. The fourth-order valence-corrected chi connectivity index (χ4v) is 3.60. The van der Waals surface area contributed by atoms with Crippen LogP contribution in [0.5, 0.6) is 0 Å². The topological polar surface area (TPSA) is 41.6 Å². The molecule has 0 saturated carbocycles. The maximum absolute atomic E-state index is 6.09. The van der Waals surface area contributed by atoms with Gasteiger partial charge in [0.05, 0.1) is 11.4 Å². The summed E-state index contributed by atoms with van der Waals surface area (Å²) in [7, 11) is 0. The van der Waals surface area contributed by atoms with Crippen molar-refractivity contribution in [3.63, 3.8) is 0 Å². The lowest BCUT2D eigenvalue weighted by molar-refractivity contribution is 1.30. The number of aromatic nitrogens is 3. The maximum Gasteiger partial charge on any atom is 0.139 e. The van der Waals surface area contributed by atoms with E-state index >= 15 is 0 Å².